The van der Waals surface area contributed by atoms with Crippen molar-refractivity contribution in [1.82, 2.24) is 24.6 Å². The van der Waals surface area contributed by atoms with Crippen LogP contribution < -0.4 is 10.1 Å². The lowest BCUT2D eigenvalue weighted by Crippen LogP contribution is -2.08. The smallest absolute Gasteiger partial charge is 0.219 e. The van der Waals surface area contributed by atoms with Crippen LogP contribution in [0, 0.1) is 5.92 Å². The van der Waals surface area contributed by atoms with Gasteiger partial charge in [-0.15, -0.1) is 0 Å². The second-order valence-electron chi connectivity index (χ2n) is 6.96. The van der Waals surface area contributed by atoms with Crippen molar-refractivity contribution in [3.05, 3.63) is 78.5 Å². The standard InChI is InChI=1S/C21H20N6O/c1-2-8-23-18(5-1)17-10-16(17)14-28-21-11-20(27-19(26-21)6-9-25-27)24-13-15-4-3-7-22-12-15/h1-9,11-12,16-17,24H,10,13-14H2. The molecule has 140 valence electrons. The third kappa shape index (κ3) is 3.51. The van der Waals surface area contributed by atoms with E-state index in [0.717, 1.165) is 29.1 Å². The van der Waals surface area contributed by atoms with Crippen molar-refractivity contribution in [2.45, 2.75) is 18.9 Å². The number of hydrogen-bond acceptors (Lipinski definition) is 6. The van der Waals surface area contributed by atoms with Gasteiger partial charge in [-0.2, -0.15) is 14.6 Å². The highest BCUT2D eigenvalue weighted by Gasteiger charge is 2.39. The summed E-state index contributed by atoms with van der Waals surface area (Å²) in [6.45, 7) is 1.29. The Labute approximate surface area is 162 Å². The van der Waals surface area contributed by atoms with Gasteiger partial charge in [0, 0.05) is 54.8 Å². The van der Waals surface area contributed by atoms with Crippen LogP contribution >= 0.6 is 0 Å². The summed E-state index contributed by atoms with van der Waals surface area (Å²) in [6.07, 6.45) is 8.30. The Morgan fingerprint density at radius 1 is 1.11 bits per heavy atom. The maximum Gasteiger partial charge on any atom is 0.219 e. The van der Waals surface area contributed by atoms with Gasteiger partial charge in [-0.25, -0.2) is 0 Å². The fourth-order valence-electron chi connectivity index (χ4n) is 3.37. The minimum absolute atomic E-state index is 0.489. The van der Waals surface area contributed by atoms with Gasteiger partial charge in [-0.3, -0.25) is 9.97 Å². The van der Waals surface area contributed by atoms with Crippen LogP contribution in [0.3, 0.4) is 0 Å². The van der Waals surface area contributed by atoms with Crippen molar-refractivity contribution >= 4 is 11.5 Å². The molecule has 28 heavy (non-hydrogen) atoms. The maximum absolute atomic E-state index is 6.02. The highest BCUT2D eigenvalue weighted by molar-refractivity contribution is 5.51. The van der Waals surface area contributed by atoms with Crippen molar-refractivity contribution < 1.29 is 4.74 Å². The Balaban J connectivity index is 1.27. The van der Waals surface area contributed by atoms with E-state index in [1.807, 2.05) is 48.8 Å². The number of anilines is 1. The van der Waals surface area contributed by atoms with Crippen molar-refractivity contribution in [2.75, 3.05) is 11.9 Å². The number of aromatic nitrogens is 5. The number of ether oxygens (including phenoxy) is 1. The predicted molar refractivity (Wildman–Crippen MR) is 105 cm³/mol. The van der Waals surface area contributed by atoms with Crippen molar-refractivity contribution in [2.24, 2.45) is 5.92 Å². The first kappa shape index (κ1) is 16.7. The van der Waals surface area contributed by atoms with Crippen LogP contribution in [0.1, 0.15) is 23.6 Å². The van der Waals surface area contributed by atoms with E-state index in [2.05, 4.69) is 31.4 Å². The Morgan fingerprint density at radius 3 is 2.96 bits per heavy atom. The molecule has 0 aromatic carbocycles. The summed E-state index contributed by atoms with van der Waals surface area (Å²) in [4.78, 5) is 13.2. The monoisotopic (exact) mass is 372 g/mol. The quantitative estimate of drug-likeness (QED) is 0.536. The fraction of sp³-hybridized carbons (Fsp3) is 0.238. The minimum Gasteiger partial charge on any atom is -0.477 e. The zero-order chi connectivity index (χ0) is 18.8. The third-order valence-corrected chi connectivity index (χ3v) is 4.97. The van der Waals surface area contributed by atoms with Gasteiger partial charge in [0.1, 0.15) is 5.82 Å². The second kappa shape index (κ2) is 7.26. The average molecular weight is 372 g/mol. The van der Waals surface area contributed by atoms with E-state index < -0.39 is 0 Å². The Kier molecular flexibility index (Phi) is 4.33. The van der Waals surface area contributed by atoms with E-state index in [-0.39, 0.29) is 0 Å². The number of fused-ring (bicyclic) bond motifs is 1. The topological polar surface area (TPSA) is 77.2 Å². The molecule has 0 amide bonds. The maximum atomic E-state index is 6.02. The molecule has 2 atom stereocenters. The number of hydrogen-bond donors (Lipinski definition) is 1. The molecular weight excluding hydrogens is 352 g/mol. The van der Waals surface area contributed by atoms with Crippen LogP contribution in [0.5, 0.6) is 5.88 Å². The molecule has 0 spiro atoms. The molecule has 0 radical (unpaired) electrons. The molecule has 1 aliphatic carbocycles. The molecule has 4 heterocycles. The van der Waals surface area contributed by atoms with Gasteiger partial charge in [0.25, 0.3) is 0 Å². The van der Waals surface area contributed by atoms with Crippen LogP contribution in [0.4, 0.5) is 5.82 Å². The van der Waals surface area contributed by atoms with Gasteiger partial charge < -0.3 is 10.1 Å². The van der Waals surface area contributed by atoms with Crippen LogP contribution in [-0.2, 0) is 6.54 Å². The van der Waals surface area contributed by atoms with Crippen LogP contribution in [-0.4, -0.2) is 31.2 Å². The summed E-state index contributed by atoms with van der Waals surface area (Å²) in [5.74, 6) is 2.42. The number of pyridine rings is 2. The van der Waals surface area contributed by atoms with Gasteiger partial charge >= 0.3 is 0 Å². The summed E-state index contributed by atoms with van der Waals surface area (Å²) < 4.78 is 7.79. The van der Waals surface area contributed by atoms with E-state index >= 15 is 0 Å². The normalized spacial score (nSPS) is 18.1. The predicted octanol–water partition coefficient (Wildman–Crippen LogP) is 3.31. The Hall–Kier alpha value is -3.48. The molecule has 7 heteroatoms. The first-order valence-corrected chi connectivity index (χ1v) is 9.38. The Morgan fingerprint density at radius 2 is 2.11 bits per heavy atom. The van der Waals surface area contributed by atoms with Gasteiger partial charge in [-0.1, -0.05) is 12.1 Å². The van der Waals surface area contributed by atoms with E-state index in [1.54, 1.807) is 16.9 Å². The van der Waals surface area contributed by atoms with E-state index in [1.165, 1.54) is 0 Å². The fourth-order valence-corrected chi connectivity index (χ4v) is 3.37. The molecule has 4 aromatic rings. The van der Waals surface area contributed by atoms with Crippen LogP contribution in [0.15, 0.2) is 67.3 Å². The molecule has 7 nitrogen and oxygen atoms in total. The second-order valence-corrected chi connectivity index (χ2v) is 6.96. The molecule has 1 saturated carbocycles. The molecule has 4 aromatic heterocycles. The third-order valence-electron chi connectivity index (χ3n) is 4.97. The molecule has 2 unspecified atom stereocenters. The van der Waals surface area contributed by atoms with E-state index in [9.17, 15) is 0 Å². The first-order valence-electron chi connectivity index (χ1n) is 9.38. The zero-order valence-electron chi connectivity index (χ0n) is 15.3. The molecule has 1 fully saturated rings. The molecule has 1 N–H and O–H groups in total. The summed E-state index contributed by atoms with van der Waals surface area (Å²) in [7, 11) is 0. The zero-order valence-corrected chi connectivity index (χ0v) is 15.3. The lowest BCUT2D eigenvalue weighted by atomic mass is 10.2. The number of nitrogens with zero attached hydrogens (tertiary/aromatic N) is 5. The van der Waals surface area contributed by atoms with Gasteiger partial charge in [0.05, 0.1) is 12.8 Å². The number of rotatable bonds is 7. The molecule has 0 aliphatic heterocycles. The van der Waals surface area contributed by atoms with Gasteiger partial charge in [-0.05, 0) is 30.2 Å². The molecular formula is C21H20N6O. The van der Waals surface area contributed by atoms with Gasteiger partial charge in [0.2, 0.25) is 5.88 Å². The summed E-state index contributed by atoms with van der Waals surface area (Å²) in [5, 5.41) is 7.74. The summed E-state index contributed by atoms with van der Waals surface area (Å²) >= 11 is 0. The number of nitrogens with one attached hydrogen (secondary N) is 1. The summed E-state index contributed by atoms with van der Waals surface area (Å²) in [5.41, 5.74) is 3.00. The van der Waals surface area contributed by atoms with Gasteiger partial charge in [0.15, 0.2) is 5.65 Å². The largest absolute Gasteiger partial charge is 0.477 e. The van der Waals surface area contributed by atoms with Crippen molar-refractivity contribution in [3.63, 3.8) is 0 Å². The summed E-state index contributed by atoms with van der Waals surface area (Å²) in [6, 6.07) is 13.8. The first-order chi connectivity index (χ1) is 13.9. The van der Waals surface area contributed by atoms with Crippen molar-refractivity contribution in [1.29, 1.82) is 0 Å². The van der Waals surface area contributed by atoms with Crippen LogP contribution in [0.2, 0.25) is 0 Å². The SMILES string of the molecule is c1ccc(C2CC2COc2cc(NCc3cccnc3)n3nccc3n2)nc1. The van der Waals surface area contributed by atoms with Crippen LogP contribution in [0.25, 0.3) is 5.65 Å². The van der Waals surface area contributed by atoms with Crippen molar-refractivity contribution in [3.8, 4) is 5.88 Å². The molecule has 0 saturated heterocycles. The molecule has 1 aliphatic rings. The lowest BCUT2D eigenvalue weighted by molar-refractivity contribution is 0.286. The minimum atomic E-state index is 0.489. The molecule has 0 bridgehead atoms. The average Bonchev–Trinajstić information content (AvgIpc) is 3.38. The Bertz CT molecular complexity index is 1070. The van der Waals surface area contributed by atoms with E-state index in [0.29, 0.717) is 30.9 Å². The van der Waals surface area contributed by atoms with E-state index in [4.69, 9.17) is 4.74 Å². The highest BCUT2D eigenvalue weighted by Crippen LogP contribution is 2.46. The highest BCUT2D eigenvalue weighted by atomic mass is 16.5. The lowest BCUT2D eigenvalue weighted by Gasteiger charge is -2.11. The molecule has 5 rings (SSSR count).